The molecule has 3 aromatic rings. The first kappa shape index (κ1) is 21.1. The summed E-state index contributed by atoms with van der Waals surface area (Å²) in [5.41, 5.74) is 1.30. The van der Waals surface area contributed by atoms with Gasteiger partial charge in [-0.05, 0) is 30.0 Å². The van der Waals surface area contributed by atoms with Gasteiger partial charge in [-0.2, -0.15) is 0 Å². The summed E-state index contributed by atoms with van der Waals surface area (Å²) in [6, 6.07) is 12.5. The van der Waals surface area contributed by atoms with Gasteiger partial charge in [-0.15, -0.1) is 0 Å². The molecule has 1 aliphatic rings. The van der Waals surface area contributed by atoms with Crippen LogP contribution in [0.4, 0.5) is 5.95 Å². The Hall–Kier alpha value is -3.13. The third kappa shape index (κ3) is 5.73. The lowest BCUT2D eigenvalue weighted by atomic mass is 10.2. The molecule has 0 aliphatic carbocycles. The third-order valence-corrected chi connectivity index (χ3v) is 5.70. The van der Waals surface area contributed by atoms with Crippen molar-refractivity contribution >= 4 is 22.8 Å². The van der Waals surface area contributed by atoms with Crippen molar-refractivity contribution in [2.24, 2.45) is 4.99 Å². The SMILES string of the molecule is CN=C(NCCCn1ccc2ccccc21)NCCN1CCN(c2ncccn2)CC1. The third-order valence-electron chi connectivity index (χ3n) is 5.70. The number of anilines is 1. The monoisotopic (exact) mass is 420 g/mol. The Kier molecular flexibility index (Phi) is 7.33. The van der Waals surface area contributed by atoms with Crippen molar-refractivity contribution in [1.82, 2.24) is 30.1 Å². The number of aryl methyl sites for hydroxylation is 1. The van der Waals surface area contributed by atoms with Crippen molar-refractivity contribution in [2.75, 3.05) is 57.8 Å². The van der Waals surface area contributed by atoms with E-state index in [1.54, 1.807) is 12.4 Å². The van der Waals surface area contributed by atoms with Gasteiger partial charge >= 0.3 is 0 Å². The Morgan fingerprint density at radius 1 is 0.935 bits per heavy atom. The lowest BCUT2D eigenvalue weighted by Crippen LogP contribution is -2.49. The molecule has 0 spiro atoms. The Balaban J connectivity index is 1.11. The molecule has 164 valence electrons. The second kappa shape index (κ2) is 10.8. The minimum absolute atomic E-state index is 0.831. The Morgan fingerprint density at radius 2 is 1.71 bits per heavy atom. The zero-order chi connectivity index (χ0) is 21.3. The summed E-state index contributed by atoms with van der Waals surface area (Å²) in [4.78, 5) is 17.8. The molecule has 8 nitrogen and oxygen atoms in total. The molecule has 0 bridgehead atoms. The maximum atomic E-state index is 4.35. The summed E-state index contributed by atoms with van der Waals surface area (Å²) in [5.74, 6) is 1.70. The van der Waals surface area contributed by atoms with Crippen LogP contribution in [0.25, 0.3) is 10.9 Å². The molecule has 1 saturated heterocycles. The first-order valence-electron chi connectivity index (χ1n) is 11.1. The fourth-order valence-electron chi connectivity index (χ4n) is 3.97. The highest BCUT2D eigenvalue weighted by Crippen LogP contribution is 2.15. The topological polar surface area (TPSA) is 73.6 Å². The van der Waals surface area contributed by atoms with Crippen LogP contribution in [0.2, 0.25) is 0 Å². The minimum Gasteiger partial charge on any atom is -0.356 e. The second-order valence-electron chi connectivity index (χ2n) is 7.72. The summed E-state index contributed by atoms with van der Waals surface area (Å²) < 4.78 is 2.31. The van der Waals surface area contributed by atoms with E-state index in [0.29, 0.717) is 0 Å². The van der Waals surface area contributed by atoms with Crippen LogP contribution in [-0.4, -0.2) is 78.3 Å². The van der Waals surface area contributed by atoms with Crippen LogP contribution in [-0.2, 0) is 6.54 Å². The predicted octanol–water partition coefficient (Wildman–Crippen LogP) is 1.81. The van der Waals surface area contributed by atoms with Gasteiger partial charge < -0.3 is 20.1 Å². The Labute approximate surface area is 184 Å². The maximum absolute atomic E-state index is 4.35. The molecule has 0 saturated carbocycles. The molecule has 4 rings (SSSR count). The maximum Gasteiger partial charge on any atom is 0.225 e. The van der Waals surface area contributed by atoms with E-state index in [1.165, 1.54) is 10.9 Å². The molecule has 1 aliphatic heterocycles. The zero-order valence-corrected chi connectivity index (χ0v) is 18.2. The number of hydrogen-bond donors (Lipinski definition) is 2. The van der Waals surface area contributed by atoms with E-state index in [4.69, 9.17) is 0 Å². The average Bonchev–Trinajstić information content (AvgIpc) is 3.25. The Morgan fingerprint density at radius 3 is 2.52 bits per heavy atom. The van der Waals surface area contributed by atoms with Gasteiger partial charge in [0.25, 0.3) is 0 Å². The number of rotatable bonds is 8. The highest BCUT2D eigenvalue weighted by Gasteiger charge is 2.18. The molecule has 1 fully saturated rings. The fraction of sp³-hybridized carbons (Fsp3) is 0.435. The molecule has 0 amide bonds. The lowest BCUT2D eigenvalue weighted by molar-refractivity contribution is 0.260. The van der Waals surface area contributed by atoms with E-state index >= 15 is 0 Å². The van der Waals surface area contributed by atoms with Crippen molar-refractivity contribution in [3.05, 3.63) is 55.0 Å². The van der Waals surface area contributed by atoms with E-state index in [2.05, 4.69) is 76.5 Å². The average molecular weight is 421 g/mol. The summed E-state index contributed by atoms with van der Waals surface area (Å²) in [5, 5.41) is 8.16. The molecular weight excluding hydrogens is 388 g/mol. The first-order chi connectivity index (χ1) is 15.3. The summed E-state index contributed by atoms with van der Waals surface area (Å²) in [6.45, 7) is 7.74. The van der Waals surface area contributed by atoms with Crippen LogP contribution in [0.5, 0.6) is 0 Å². The summed E-state index contributed by atoms with van der Waals surface area (Å²) in [6.07, 6.45) is 6.82. The molecular formula is C23H32N8. The van der Waals surface area contributed by atoms with E-state index in [-0.39, 0.29) is 0 Å². The van der Waals surface area contributed by atoms with Crippen molar-refractivity contribution in [3.8, 4) is 0 Å². The van der Waals surface area contributed by atoms with E-state index in [1.807, 2.05) is 13.1 Å². The summed E-state index contributed by atoms with van der Waals surface area (Å²) in [7, 11) is 1.83. The minimum atomic E-state index is 0.831. The van der Waals surface area contributed by atoms with Crippen LogP contribution >= 0.6 is 0 Å². The van der Waals surface area contributed by atoms with Gasteiger partial charge in [-0.1, -0.05) is 18.2 Å². The first-order valence-corrected chi connectivity index (χ1v) is 11.1. The highest BCUT2D eigenvalue weighted by atomic mass is 15.3. The van der Waals surface area contributed by atoms with Crippen LogP contribution in [0, 0.1) is 0 Å². The molecule has 0 unspecified atom stereocenters. The van der Waals surface area contributed by atoms with Crippen LogP contribution in [0.1, 0.15) is 6.42 Å². The molecule has 31 heavy (non-hydrogen) atoms. The van der Waals surface area contributed by atoms with Crippen LogP contribution in [0.15, 0.2) is 60.0 Å². The smallest absolute Gasteiger partial charge is 0.225 e. The summed E-state index contributed by atoms with van der Waals surface area (Å²) >= 11 is 0. The van der Waals surface area contributed by atoms with E-state index in [0.717, 1.165) is 70.7 Å². The molecule has 0 atom stereocenters. The fourth-order valence-corrected chi connectivity index (χ4v) is 3.97. The number of nitrogens with one attached hydrogen (secondary N) is 2. The number of nitrogens with zero attached hydrogens (tertiary/aromatic N) is 6. The molecule has 2 aromatic heterocycles. The molecule has 3 heterocycles. The van der Waals surface area contributed by atoms with Gasteiger partial charge in [-0.3, -0.25) is 9.89 Å². The molecule has 0 radical (unpaired) electrons. The molecule has 2 N–H and O–H groups in total. The van der Waals surface area contributed by atoms with E-state index < -0.39 is 0 Å². The van der Waals surface area contributed by atoms with Crippen LogP contribution < -0.4 is 15.5 Å². The highest BCUT2D eigenvalue weighted by molar-refractivity contribution is 5.80. The molecule has 1 aromatic carbocycles. The zero-order valence-electron chi connectivity index (χ0n) is 18.2. The number of para-hydroxylation sites is 1. The van der Waals surface area contributed by atoms with Gasteiger partial charge in [0.15, 0.2) is 5.96 Å². The van der Waals surface area contributed by atoms with Gasteiger partial charge in [0.2, 0.25) is 5.95 Å². The van der Waals surface area contributed by atoms with Crippen molar-refractivity contribution in [3.63, 3.8) is 0 Å². The quantitative estimate of drug-likeness (QED) is 0.329. The van der Waals surface area contributed by atoms with Crippen molar-refractivity contribution < 1.29 is 0 Å². The van der Waals surface area contributed by atoms with Gasteiger partial charge in [0.1, 0.15) is 0 Å². The number of hydrogen-bond acceptors (Lipinski definition) is 5. The number of guanidine groups is 1. The number of fused-ring (bicyclic) bond motifs is 1. The normalized spacial score (nSPS) is 15.4. The number of benzene rings is 1. The largest absolute Gasteiger partial charge is 0.356 e. The predicted molar refractivity (Wildman–Crippen MR) is 127 cm³/mol. The Bertz CT molecular complexity index is 960. The van der Waals surface area contributed by atoms with E-state index in [9.17, 15) is 0 Å². The van der Waals surface area contributed by atoms with Gasteiger partial charge in [-0.25, -0.2) is 9.97 Å². The lowest BCUT2D eigenvalue weighted by Gasteiger charge is -2.34. The molecule has 8 heteroatoms. The number of piperazine rings is 1. The van der Waals surface area contributed by atoms with Crippen LogP contribution in [0.3, 0.4) is 0 Å². The van der Waals surface area contributed by atoms with Crippen molar-refractivity contribution in [2.45, 2.75) is 13.0 Å². The number of aliphatic imine (C=N–C) groups is 1. The second-order valence-corrected chi connectivity index (χ2v) is 7.72. The van der Waals surface area contributed by atoms with Gasteiger partial charge in [0.05, 0.1) is 0 Å². The van der Waals surface area contributed by atoms with Gasteiger partial charge in [0, 0.05) is 83.5 Å². The van der Waals surface area contributed by atoms with Crippen molar-refractivity contribution in [1.29, 1.82) is 0 Å². The standard InChI is InChI=1S/C23H32N8/c1-24-22(25-11-5-13-30-14-8-20-6-2-3-7-21(20)30)26-12-15-29-16-18-31(19-17-29)23-27-9-4-10-28-23/h2-4,6-10,14H,5,11-13,15-19H2,1H3,(H2,24,25,26). The number of aromatic nitrogens is 3.